The number of nitrogens with one attached hydrogen (secondary N) is 1. The fourth-order valence-corrected chi connectivity index (χ4v) is 6.18. The van der Waals surface area contributed by atoms with E-state index >= 15 is 0 Å². The number of benzene rings is 1. The largest absolute Gasteiger partial charge is 0.482 e. The Morgan fingerprint density at radius 2 is 1.84 bits per heavy atom. The van der Waals surface area contributed by atoms with Crippen LogP contribution in [0.2, 0.25) is 5.02 Å². The van der Waals surface area contributed by atoms with E-state index in [1.54, 1.807) is 0 Å². The number of hydrogen-bond donors (Lipinski definition) is 1. The number of carbonyl (C=O) groups excluding carboxylic acids is 1. The van der Waals surface area contributed by atoms with Crippen LogP contribution >= 0.6 is 11.6 Å². The number of ether oxygens (including phenoxy) is 1. The van der Waals surface area contributed by atoms with Gasteiger partial charge >= 0.3 is 0 Å². The minimum absolute atomic E-state index is 0.0277. The lowest BCUT2D eigenvalue weighted by atomic mass is 9.48. The zero-order valence-electron chi connectivity index (χ0n) is 15.2. The Morgan fingerprint density at radius 3 is 2.44 bits per heavy atom. The van der Waals surface area contributed by atoms with Gasteiger partial charge in [0.25, 0.3) is 5.91 Å². The van der Waals surface area contributed by atoms with Crippen LogP contribution in [0.15, 0.2) is 18.2 Å². The average molecular weight is 362 g/mol. The fourth-order valence-electron chi connectivity index (χ4n) is 6.01. The SMILES string of the molecule is Cc1ccc(Cl)c(OCC(=O)N[C@@H](C)C23CC4CC(CC(C4)C2)C3)c1. The van der Waals surface area contributed by atoms with E-state index < -0.39 is 0 Å². The summed E-state index contributed by atoms with van der Waals surface area (Å²) >= 11 is 6.14. The van der Waals surface area contributed by atoms with Crippen LogP contribution in [0.1, 0.15) is 51.0 Å². The molecular weight excluding hydrogens is 334 g/mol. The van der Waals surface area contributed by atoms with Crippen molar-refractivity contribution >= 4 is 17.5 Å². The van der Waals surface area contributed by atoms with Crippen molar-refractivity contribution in [1.29, 1.82) is 0 Å². The lowest BCUT2D eigenvalue weighted by Crippen LogP contribution is -2.56. The molecule has 0 aliphatic heterocycles. The van der Waals surface area contributed by atoms with Gasteiger partial charge in [0, 0.05) is 6.04 Å². The monoisotopic (exact) mass is 361 g/mol. The van der Waals surface area contributed by atoms with Gasteiger partial charge in [-0.25, -0.2) is 0 Å². The summed E-state index contributed by atoms with van der Waals surface area (Å²) < 4.78 is 5.66. The second-order valence-electron chi connectivity index (χ2n) is 8.79. The van der Waals surface area contributed by atoms with Gasteiger partial charge in [0.2, 0.25) is 0 Å². The van der Waals surface area contributed by atoms with Crippen LogP contribution in [0.5, 0.6) is 5.75 Å². The molecule has 0 radical (unpaired) electrons. The highest BCUT2D eigenvalue weighted by Crippen LogP contribution is 2.61. The molecule has 5 rings (SSSR count). The standard InChI is InChI=1S/C21H28ClNO2/c1-13-3-4-18(22)19(5-13)25-12-20(24)23-14(2)21-9-15-6-16(10-21)8-17(7-15)11-21/h3-5,14-17H,6-12H2,1-2H3,(H,23,24)/t14-,15?,16?,17?,21?/m0/s1. The molecule has 1 amide bonds. The molecule has 0 unspecified atom stereocenters. The Bertz CT molecular complexity index is 637. The van der Waals surface area contributed by atoms with E-state index in [0.717, 1.165) is 23.3 Å². The predicted octanol–water partition coefficient (Wildman–Crippen LogP) is 4.75. The molecule has 4 heteroatoms. The molecule has 4 bridgehead atoms. The molecule has 136 valence electrons. The van der Waals surface area contributed by atoms with E-state index in [1.165, 1.54) is 38.5 Å². The Morgan fingerprint density at radius 1 is 1.24 bits per heavy atom. The Labute approximate surface area is 155 Å². The highest BCUT2D eigenvalue weighted by Gasteiger charge is 2.53. The maximum absolute atomic E-state index is 12.4. The first kappa shape index (κ1) is 17.2. The van der Waals surface area contributed by atoms with E-state index in [0.29, 0.717) is 16.2 Å². The molecule has 1 N–H and O–H groups in total. The number of halogens is 1. The van der Waals surface area contributed by atoms with Crippen molar-refractivity contribution in [3.63, 3.8) is 0 Å². The summed E-state index contributed by atoms with van der Waals surface area (Å²) in [5, 5.41) is 3.78. The molecule has 4 aliphatic rings. The van der Waals surface area contributed by atoms with Crippen LogP contribution < -0.4 is 10.1 Å². The molecule has 0 aromatic heterocycles. The van der Waals surface area contributed by atoms with Crippen LogP contribution in [-0.4, -0.2) is 18.6 Å². The van der Waals surface area contributed by atoms with Crippen molar-refractivity contribution in [3.05, 3.63) is 28.8 Å². The molecule has 4 saturated carbocycles. The van der Waals surface area contributed by atoms with Crippen molar-refractivity contribution in [2.24, 2.45) is 23.2 Å². The normalized spacial score (nSPS) is 34.0. The summed E-state index contributed by atoms with van der Waals surface area (Å²) in [6.07, 6.45) is 8.17. The van der Waals surface area contributed by atoms with E-state index in [-0.39, 0.29) is 18.6 Å². The number of carbonyl (C=O) groups is 1. The molecule has 0 spiro atoms. The van der Waals surface area contributed by atoms with Gasteiger partial charge in [-0.15, -0.1) is 0 Å². The Balaban J connectivity index is 1.35. The minimum Gasteiger partial charge on any atom is -0.482 e. The van der Waals surface area contributed by atoms with Gasteiger partial charge in [-0.05, 0) is 93.2 Å². The quantitative estimate of drug-likeness (QED) is 0.821. The molecule has 4 fully saturated rings. The van der Waals surface area contributed by atoms with Crippen LogP contribution in [-0.2, 0) is 4.79 Å². The first-order chi connectivity index (χ1) is 11.9. The lowest BCUT2D eigenvalue weighted by Gasteiger charge is -2.59. The van der Waals surface area contributed by atoms with E-state index in [4.69, 9.17) is 16.3 Å². The molecule has 25 heavy (non-hydrogen) atoms. The summed E-state index contributed by atoms with van der Waals surface area (Å²) in [4.78, 5) is 12.4. The topological polar surface area (TPSA) is 38.3 Å². The molecule has 1 aromatic carbocycles. The van der Waals surface area contributed by atoms with Gasteiger partial charge in [-0.3, -0.25) is 4.79 Å². The fraction of sp³-hybridized carbons (Fsp3) is 0.667. The van der Waals surface area contributed by atoms with E-state index in [1.807, 2.05) is 25.1 Å². The molecular formula is C21H28ClNO2. The molecule has 3 nitrogen and oxygen atoms in total. The summed E-state index contributed by atoms with van der Waals surface area (Å²) in [6, 6.07) is 5.84. The smallest absolute Gasteiger partial charge is 0.258 e. The van der Waals surface area contributed by atoms with Crippen molar-refractivity contribution in [2.75, 3.05) is 6.61 Å². The summed E-state index contributed by atoms with van der Waals surface area (Å²) in [5.41, 5.74) is 1.40. The average Bonchev–Trinajstić information content (AvgIpc) is 2.54. The van der Waals surface area contributed by atoms with E-state index in [2.05, 4.69) is 12.2 Å². The van der Waals surface area contributed by atoms with Crippen molar-refractivity contribution < 1.29 is 9.53 Å². The van der Waals surface area contributed by atoms with Gasteiger partial charge < -0.3 is 10.1 Å². The second kappa shape index (κ2) is 6.50. The summed E-state index contributed by atoms with van der Waals surface area (Å²) in [6.45, 7) is 4.21. The summed E-state index contributed by atoms with van der Waals surface area (Å²) in [7, 11) is 0. The number of aryl methyl sites for hydroxylation is 1. The molecule has 1 atom stereocenters. The third-order valence-electron chi connectivity index (χ3n) is 6.83. The third-order valence-corrected chi connectivity index (χ3v) is 7.14. The number of rotatable bonds is 5. The molecule has 4 aliphatic carbocycles. The lowest BCUT2D eigenvalue weighted by molar-refractivity contribution is -0.127. The van der Waals surface area contributed by atoms with Gasteiger partial charge in [0.05, 0.1) is 5.02 Å². The minimum atomic E-state index is -0.0409. The Kier molecular flexibility index (Phi) is 4.47. The Hall–Kier alpha value is -1.22. The van der Waals surface area contributed by atoms with Crippen LogP contribution in [0.4, 0.5) is 0 Å². The van der Waals surface area contributed by atoms with Crippen LogP contribution in [0.3, 0.4) is 0 Å². The van der Waals surface area contributed by atoms with Gasteiger partial charge in [0.1, 0.15) is 5.75 Å². The number of amides is 1. The maximum atomic E-state index is 12.4. The van der Waals surface area contributed by atoms with Gasteiger partial charge in [0.15, 0.2) is 6.61 Å². The number of hydrogen-bond acceptors (Lipinski definition) is 2. The highest BCUT2D eigenvalue weighted by atomic mass is 35.5. The molecule has 0 heterocycles. The maximum Gasteiger partial charge on any atom is 0.258 e. The van der Waals surface area contributed by atoms with Gasteiger partial charge in [-0.2, -0.15) is 0 Å². The molecule has 1 aromatic rings. The predicted molar refractivity (Wildman–Crippen MR) is 99.9 cm³/mol. The van der Waals surface area contributed by atoms with E-state index in [9.17, 15) is 4.79 Å². The zero-order chi connectivity index (χ0) is 17.6. The van der Waals surface area contributed by atoms with Crippen molar-refractivity contribution in [1.82, 2.24) is 5.32 Å². The van der Waals surface area contributed by atoms with Crippen molar-refractivity contribution in [3.8, 4) is 5.75 Å². The first-order valence-electron chi connectivity index (χ1n) is 9.62. The molecule has 0 saturated heterocycles. The van der Waals surface area contributed by atoms with Crippen LogP contribution in [0, 0.1) is 30.1 Å². The van der Waals surface area contributed by atoms with Gasteiger partial charge in [-0.1, -0.05) is 17.7 Å². The summed E-state index contributed by atoms with van der Waals surface area (Å²) in [5.74, 6) is 3.23. The second-order valence-corrected chi connectivity index (χ2v) is 9.20. The first-order valence-corrected chi connectivity index (χ1v) is 10.00. The zero-order valence-corrected chi connectivity index (χ0v) is 15.9. The third kappa shape index (κ3) is 3.40. The van der Waals surface area contributed by atoms with Crippen molar-refractivity contribution in [2.45, 2.75) is 58.4 Å². The highest BCUT2D eigenvalue weighted by molar-refractivity contribution is 6.32. The van der Waals surface area contributed by atoms with Crippen LogP contribution in [0.25, 0.3) is 0 Å².